The van der Waals surface area contributed by atoms with Gasteiger partial charge in [-0.1, -0.05) is 15.9 Å². The summed E-state index contributed by atoms with van der Waals surface area (Å²) in [6.45, 7) is 1.99. The van der Waals surface area contributed by atoms with Crippen LogP contribution in [0.4, 0.5) is 0 Å². The van der Waals surface area contributed by atoms with E-state index < -0.39 is 0 Å². The van der Waals surface area contributed by atoms with E-state index in [0.717, 1.165) is 11.8 Å². The van der Waals surface area contributed by atoms with Crippen molar-refractivity contribution < 1.29 is 9.53 Å². The molecule has 0 unspecified atom stereocenters. The number of halogens is 1. The molecule has 0 spiro atoms. The van der Waals surface area contributed by atoms with Gasteiger partial charge in [-0.25, -0.2) is 0 Å². The maximum absolute atomic E-state index is 11.5. The Morgan fingerprint density at radius 2 is 2.44 bits per heavy atom. The summed E-state index contributed by atoms with van der Waals surface area (Å²) >= 11 is 3.27. The Labute approximate surface area is 103 Å². The zero-order valence-corrected chi connectivity index (χ0v) is 10.9. The van der Waals surface area contributed by atoms with E-state index in [1.807, 2.05) is 0 Å². The Hall–Kier alpha value is -0.880. The summed E-state index contributed by atoms with van der Waals surface area (Å²) in [6, 6.07) is 0. The number of hydrogen-bond donors (Lipinski definition) is 1. The van der Waals surface area contributed by atoms with Gasteiger partial charge in [0.25, 0.3) is 5.91 Å². The van der Waals surface area contributed by atoms with Crippen molar-refractivity contribution in [2.45, 2.75) is 6.42 Å². The van der Waals surface area contributed by atoms with Crippen molar-refractivity contribution in [3.8, 4) is 0 Å². The van der Waals surface area contributed by atoms with Crippen molar-refractivity contribution in [2.75, 3.05) is 25.1 Å². The number of carbonyl (C=O) groups is 1. The third kappa shape index (κ3) is 4.76. The zero-order valence-electron chi connectivity index (χ0n) is 9.28. The first kappa shape index (κ1) is 13.2. The molecule has 1 aromatic rings. The molecule has 1 N–H and O–H groups in total. The monoisotopic (exact) mass is 289 g/mol. The third-order valence-electron chi connectivity index (χ3n) is 1.94. The lowest BCUT2D eigenvalue weighted by Gasteiger charge is -2.03. The van der Waals surface area contributed by atoms with Crippen LogP contribution in [-0.2, 0) is 11.8 Å². The van der Waals surface area contributed by atoms with E-state index in [4.69, 9.17) is 4.74 Å². The lowest BCUT2D eigenvalue weighted by Crippen LogP contribution is -2.25. The van der Waals surface area contributed by atoms with E-state index in [0.29, 0.717) is 25.3 Å². The molecule has 0 saturated carbocycles. The summed E-state index contributed by atoms with van der Waals surface area (Å²) in [7, 11) is 1.78. The van der Waals surface area contributed by atoms with Gasteiger partial charge in [0, 0.05) is 31.7 Å². The molecule has 0 radical (unpaired) electrons. The van der Waals surface area contributed by atoms with Gasteiger partial charge < -0.3 is 10.1 Å². The van der Waals surface area contributed by atoms with Crippen molar-refractivity contribution in [3.63, 3.8) is 0 Å². The highest BCUT2D eigenvalue weighted by atomic mass is 79.9. The molecule has 1 heterocycles. The first-order valence-corrected chi connectivity index (χ1v) is 6.26. The molecule has 0 aromatic carbocycles. The lowest BCUT2D eigenvalue weighted by atomic mass is 10.3. The molecule has 90 valence electrons. The number of nitrogens with zero attached hydrogens (tertiary/aromatic N) is 2. The van der Waals surface area contributed by atoms with Gasteiger partial charge in [0.15, 0.2) is 0 Å². The molecule has 0 bridgehead atoms. The van der Waals surface area contributed by atoms with Crippen LogP contribution in [0.3, 0.4) is 0 Å². The smallest absolute Gasteiger partial charge is 0.254 e. The molecule has 0 atom stereocenters. The molecule has 1 amide bonds. The van der Waals surface area contributed by atoms with E-state index in [2.05, 4.69) is 26.3 Å². The Kier molecular flexibility index (Phi) is 6.10. The van der Waals surface area contributed by atoms with Crippen molar-refractivity contribution in [3.05, 3.63) is 18.0 Å². The molecule has 1 aromatic heterocycles. The van der Waals surface area contributed by atoms with Gasteiger partial charge in [-0.15, -0.1) is 0 Å². The summed E-state index contributed by atoms with van der Waals surface area (Å²) in [6.07, 6.45) is 4.06. The number of ether oxygens (including phenoxy) is 1. The van der Waals surface area contributed by atoms with Gasteiger partial charge in [-0.2, -0.15) is 5.10 Å². The molecule has 5 nitrogen and oxygen atoms in total. The van der Waals surface area contributed by atoms with Crippen LogP contribution >= 0.6 is 15.9 Å². The summed E-state index contributed by atoms with van der Waals surface area (Å²) in [4.78, 5) is 11.5. The van der Waals surface area contributed by atoms with Gasteiger partial charge in [0.2, 0.25) is 0 Å². The quantitative estimate of drug-likeness (QED) is 0.601. The molecule has 0 saturated heterocycles. The fraction of sp³-hybridized carbons (Fsp3) is 0.600. The van der Waals surface area contributed by atoms with Gasteiger partial charge in [0.05, 0.1) is 18.4 Å². The Balaban J connectivity index is 2.11. The second-order valence-corrected chi connectivity index (χ2v) is 4.11. The van der Waals surface area contributed by atoms with Gasteiger partial charge in [-0.05, 0) is 6.42 Å². The predicted molar refractivity (Wildman–Crippen MR) is 64.8 cm³/mol. The van der Waals surface area contributed by atoms with E-state index >= 15 is 0 Å². The fourth-order valence-corrected chi connectivity index (χ4v) is 1.40. The first-order valence-electron chi connectivity index (χ1n) is 5.14. The SMILES string of the molecule is Cn1cc(C(=O)NCCCOCCBr)cn1. The van der Waals surface area contributed by atoms with Crippen LogP contribution < -0.4 is 5.32 Å². The molecular formula is C10H16BrN3O2. The maximum atomic E-state index is 11.5. The summed E-state index contributed by atoms with van der Waals surface area (Å²) in [5.41, 5.74) is 0.587. The van der Waals surface area contributed by atoms with Crippen molar-refractivity contribution in [2.24, 2.45) is 7.05 Å². The fourth-order valence-electron chi connectivity index (χ4n) is 1.17. The maximum Gasteiger partial charge on any atom is 0.254 e. The van der Waals surface area contributed by atoms with Crippen LogP contribution in [0.2, 0.25) is 0 Å². The lowest BCUT2D eigenvalue weighted by molar-refractivity contribution is 0.0944. The van der Waals surface area contributed by atoms with Crippen LogP contribution in [0.15, 0.2) is 12.4 Å². The van der Waals surface area contributed by atoms with Crippen LogP contribution in [0, 0.1) is 0 Å². The Morgan fingerprint density at radius 3 is 3.06 bits per heavy atom. The minimum atomic E-state index is -0.0893. The van der Waals surface area contributed by atoms with Crippen molar-refractivity contribution >= 4 is 21.8 Å². The zero-order chi connectivity index (χ0) is 11.8. The van der Waals surface area contributed by atoms with Gasteiger partial charge in [0.1, 0.15) is 0 Å². The number of alkyl halides is 1. The number of amides is 1. The number of rotatable bonds is 7. The van der Waals surface area contributed by atoms with E-state index in [1.54, 1.807) is 24.1 Å². The second-order valence-electron chi connectivity index (χ2n) is 3.31. The molecule has 6 heteroatoms. The van der Waals surface area contributed by atoms with Crippen LogP contribution in [0.5, 0.6) is 0 Å². The van der Waals surface area contributed by atoms with E-state index in [1.165, 1.54) is 0 Å². The molecule has 0 aliphatic heterocycles. The molecule has 0 aliphatic rings. The Bertz CT molecular complexity index is 328. The van der Waals surface area contributed by atoms with Gasteiger partial charge in [-0.3, -0.25) is 9.48 Å². The summed E-state index contributed by atoms with van der Waals surface area (Å²) < 4.78 is 6.86. The van der Waals surface area contributed by atoms with Crippen molar-refractivity contribution in [1.82, 2.24) is 15.1 Å². The highest BCUT2D eigenvalue weighted by Gasteiger charge is 2.05. The average molecular weight is 290 g/mol. The topological polar surface area (TPSA) is 56.2 Å². The molecule has 16 heavy (non-hydrogen) atoms. The van der Waals surface area contributed by atoms with Crippen molar-refractivity contribution in [1.29, 1.82) is 0 Å². The highest BCUT2D eigenvalue weighted by molar-refractivity contribution is 9.09. The molecule has 0 fully saturated rings. The first-order chi connectivity index (χ1) is 7.74. The summed E-state index contributed by atoms with van der Waals surface area (Å²) in [5, 5.41) is 7.58. The Morgan fingerprint density at radius 1 is 1.62 bits per heavy atom. The number of carbonyl (C=O) groups excluding carboxylic acids is 1. The molecule has 0 aliphatic carbocycles. The normalized spacial score (nSPS) is 10.4. The number of aryl methyl sites for hydroxylation is 1. The second kappa shape index (κ2) is 7.40. The summed E-state index contributed by atoms with van der Waals surface area (Å²) in [5.74, 6) is -0.0893. The van der Waals surface area contributed by atoms with Crippen LogP contribution in [0.1, 0.15) is 16.8 Å². The van der Waals surface area contributed by atoms with Crippen LogP contribution in [-0.4, -0.2) is 40.8 Å². The van der Waals surface area contributed by atoms with E-state index in [-0.39, 0.29) is 5.91 Å². The number of nitrogens with one attached hydrogen (secondary N) is 1. The minimum absolute atomic E-state index is 0.0893. The van der Waals surface area contributed by atoms with Crippen LogP contribution in [0.25, 0.3) is 0 Å². The number of hydrogen-bond acceptors (Lipinski definition) is 3. The number of aromatic nitrogens is 2. The standard InChI is InChI=1S/C10H16BrN3O2/c1-14-8-9(7-13-14)10(15)12-4-2-5-16-6-3-11/h7-8H,2-6H2,1H3,(H,12,15). The molecular weight excluding hydrogens is 274 g/mol. The minimum Gasteiger partial charge on any atom is -0.381 e. The third-order valence-corrected chi connectivity index (χ3v) is 2.26. The average Bonchev–Trinajstić information content (AvgIpc) is 2.70. The highest BCUT2D eigenvalue weighted by Crippen LogP contribution is 1.95. The largest absolute Gasteiger partial charge is 0.381 e. The predicted octanol–water partition coefficient (Wildman–Crippen LogP) is 0.951. The van der Waals surface area contributed by atoms with Gasteiger partial charge >= 0.3 is 0 Å². The molecule has 1 rings (SSSR count). The van der Waals surface area contributed by atoms with E-state index in [9.17, 15) is 4.79 Å².